The molecule has 7 heteroatoms. The molecule has 1 aromatic rings. The number of carbonyl (C=O) groups is 1. The number of rotatable bonds is 11. The van der Waals surface area contributed by atoms with E-state index in [9.17, 15) is 13.2 Å². The van der Waals surface area contributed by atoms with Crippen molar-refractivity contribution in [3.63, 3.8) is 0 Å². The number of aryl methyl sites for hydroxylation is 2. The number of hydrogen-bond acceptors (Lipinski definition) is 5. The molecule has 1 heterocycles. The minimum atomic E-state index is -3.52. The van der Waals surface area contributed by atoms with Crippen molar-refractivity contribution in [1.29, 1.82) is 0 Å². The smallest absolute Gasteiger partial charge is 0.305 e. The Morgan fingerprint density at radius 3 is 2.67 bits per heavy atom. The molecule has 0 unspecified atom stereocenters. The predicted molar refractivity (Wildman–Crippen MR) is 104 cm³/mol. The van der Waals surface area contributed by atoms with Crippen molar-refractivity contribution >= 4 is 16.0 Å². The van der Waals surface area contributed by atoms with Crippen LogP contribution in [0.3, 0.4) is 0 Å². The Bertz CT molecular complexity index is 741. The van der Waals surface area contributed by atoms with Gasteiger partial charge in [-0.3, -0.25) is 4.79 Å². The van der Waals surface area contributed by atoms with Gasteiger partial charge in [0.1, 0.15) is 0 Å². The van der Waals surface area contributed by atoms with Crippen LogP contribution in [0.25, 0.3) is 0 Å². The van der Waals surface area contributed by atoms with E-state index in [1.807, 2.05) is 32.9 Å². The molecule has 0 aliphatic carbocycles. The summed E-state index contributed by atoms with van der Waals surface area (Å²) in [6.45, 7) is 7.41. The summed E-state index contributed by atoms with van der Waals surface area (Å²) in [6.07, 6.45) is 2.43. The number of epoxide rings is 1. The summed E-state index contributed by atoms with van der Waals surface area (Å²) < 4.78 is 37.3. The first kappa shape index (κ1) is 21.9. The zero-order valence-electron chi connectivity index (χ0n) is 16.7. The maximum Gasteiger partial charge on any atom is 0.305 e. The first-order chi connectivity index (χ1) is 12.7. The molecule has 1 atom stereocenters. The lowest BCUT2D eigenvalue weighted by Gasteiger charge is -2.19. The molecule has 0 saturated carbocycles. The van der Waals surface area contributed by atoms with E-state index in [-0.39, 0.29) is 12.1 Å². The van der Waals surface area contributed by atoms with Crippen LogP contribution in [0, 0.1) is 5.92 Å². The Kier molecular flexibility index (Phi) is 7.82. The average molecular weight is 398 g/mol. The zero-order chi connectivity index (χ0) is 20.0. The standard InChI is InChI=1S/C20H31NO5S/c1-5-17-11-16(7-6-8-20(22)26-13-15(2)3)9-10-19(17)27(23,24)21(4)12-18-14-25-18/h9-11,15,18H,5-8,12-14H2,1-4H3/t18-/m0/s1. The molecular weight excluding hydrogens is 366 g/mol. The average Bonchev–Trinajstić information content (AvgIpc) is 3.43. The van der Waals surface area contributed by atoms with Gasteiger partial charge in [-0.05, 0) is 42.4 Å². The zero-order valence-corrected chi connectivity index (χ0v) is 17.5. The summed E-state index contributed by atoms with van der Waals surface area (Å²) in [4.78, 5) is 12.1. The van der Waals surface area contributed by atoms with Gasteiger partial charge in [0.2, 0.25) is 10.0 Å². The van der Waals surface area contributed by atoms with Crippen LogP contribution in [0.15, 0.2) is 23.1 Å². The number of carbonyl (C=O) groups excluding carboxylic acids is 1. The Hall–Kier alpha value is -1.44. The molecule has 1 aromatic carbocycles. The minimum Gasteiger partial charge on any atom is -0.465 e. The quantitative estimate of drug-likeness (QED) is 0.424. The van der Waals surface area contributed by atoms with Crippen LogP contribution in [-0.4, -0.2) is 51.6 Å². The second kappa shape index (κ2) is 9.66. The number of nitrogens with zero attached hydrogens (tertiary/aromatic N) is 1. The number of likely N-dealkylation sites (N-methyl/N-ethyl adjacent to an activating group) is 1. The van der Waals surface area contributed by atoms with E-state index in [0.717, 1.165) is 17.5 Å². The number of sulfonamides is 1. The van der Waals surface area contributed by atoms with Crippen molar-refractivity contribution in [3.05, 3.63) is 29.3 Å². The van der Waals surface area contributed by atoms with Gasteiger partial charge in [-0.1, -0.05) is 32.9 Å². The number of benzene rings is 1. The third kappa shape index (κ3) is 6.59. The van der Waals surface area contributed by atoms with Crippen molar-refractivity contribution in [2.24, 2.45) is 5.92 Å². The number of ether oxygens (including phenoxy) is 2. The molecular formula is C20H31NO5S. The summed E-state index contributed by atoms with van der Waals surface area (Å²) in [6, 6.07) is 5.46. The van der Waals surface area contributed by atoms with E-state index in [4.69, 9.17) is 9.47 Å². The normalized spacial score (nSPS) is 16.7. The van der Waals surface area contributed by atoms with E-state index in [2.05, 4.69) is 0 Å². The lowest BCUT2D eigenvalue weighted by molar-refractivity contribution is -0.144. The molecule has 0 amide bonds. The highest BCUT2D eigenvalue weighted by atomic mass is 32.2. The molecule has 0 radical (unpaired) electrons. The van der Waals surface area contributed by atoms with Crippen LogP contribution in [0.4, 0.5) is 0 Å². The molecule has 1 fully saturated rings. The van der Waals surface area contributed by atoms with Gasteiger partial charge >= 0.3 is 5.97 Å². The van der Waals surface area contributed by atoms with Crippen molar-refractivity contribution in [2.75, 3.05) is 26.8 Å². The van der Waals surface area contributed by atoms with Crippen LogP contribution >= 0.6 is 0 Å². The van der Waals surface area contributed by atoms with Crippen molar-refractivity contribution in [3.8, 4) is 0 Å². The lowest BCUT2D eigenvalue weighted by atomic mass is 10.0. The summed E-state index contributed by atoms with van der Waals surface area (Å²) in [5.74, 6) is 0.155. The van der Waals surface area contributed by atoms with E-state index in [0.29, 0.717) is 49.8 Å². The second-order valence-electron chi connectivity index (χ2n) is 7.47. The van der Waals surface area contributed by atoms with Gasteiger partial charge in [-0.2, -0.15) is 4.31 Å². The van der Waals surface area contributed by atoms with Crippen LogP contribution in [0.1, 0.15) is 44.7 Å². The summed E-state index contributed by atoms with van der Waals surface area (Å²) in [7, 11) is -1.93. The topological polar surface area (TPSA) is 76.2 Å². The Labute approximate surface area is 162 Å². The molecule has 0 N–H and O–H groups in total. The van der Waals surface area contributed by atoms with E-state index in [1.165, 1.54) is 4.31 Å². The van der Waals surface area contributed by atoms with Crippen molar-refractivity contribution in [1.82, 2.24) is 4.31 Å². The molecule has 2 rings (SSSR count). The van der Waals surface area contributed by atoms with Gasteiger partial charge in [-0.25, -0.2) is 8.42 Å². The highest BCUT2D eigenvalue weighted by Crippen LogP contribution is 2.24. The van der Waals surface area contributed by atoms with Gasteiger partial charge < -0.3 is 9.47 Å². The molecule has 1 aliphatic rings. The molecule has 0 spiro atoms. The highest BCUT2D eigenvalue weighted by Gasteiger charge is 2.31. The lowest BCUT2D eigenvalue weighted by Crippen LogP contribution is -2.31. The van der Waals surface area contributed by atoms with Gasteiger partial charge in [-0.15, -0.1) is 0 Å². The Balaban J connectivity index is 1.97. The van der Waals surface area contributed by atoms with E-state index >= 15 is 0 Å². The molecule has 6 nitrogen and oxygen atoms in total. The van der Waals surface area contributed by atoms with E-state index in [1.54, 1.807) is 13.1 Å². The van der Waals surface area contributed by atoms with Gasteiger partial charge in [0.15, 0.2) is 0 Å². The molecule has 1 aliphatic heterocycles. The first-order valence-corrected chi connectivity index (χ1v) is 11.0. The number of hydrogen-bond donors (Lipinski definition) is 0. The fourth-order valence-corrected chi connectivity index (χ4v) is 4.28. The SMILES string of the molecule is CCc1cc(CCCC(=O)OCC(C)C)ccc1S(=O)(=O)N(C)C[C@H]1CO1. The summed E-state index contributed by atoms with van der Waals surface area (Å²) in [5, 5.41) is 0. The largest absolute Gasteiger partial charge is 0.465 e. The predicted octanol–water partition coefficient (Wildman–Crippen LogP) is 2.79. The van der Waals surface area contributed by atoms with Crippen LogP contribution in [0.5, 0.6) is 0 Å². The fourth-order valence-electron chi connectivity index (χ4n) is 2.81. The van der Waals surface area contributed by atoms with Gasteiger partial charge in [0.05, 0.1) is 24.2 Å². The molecule has 152 valence electrons. The van der Waals surface area contributed by atoms with Gasteiger partial charge in [0.25, 0.3) is 0 Å². The van der Waals surface area contributed by atoms with Crippen molar-refractivity contribution in [2.45, 2.75) is 57.5 Å². The third-order valence-corrected chi connectivity index (χ3v) is 6.40. The van der Waals surface area contributed by atoms with Crippen LogP contribution in [-0.2, 0) is 37.1 Å². The monoisotopic (exact) mass is 397 g/mol. The summed E-state index contributed by atoms with van der Waals surface area (Å²) >= 11 is 0. The number of esters is 1. The highest BCUT2D eigenvalue weighted by molar-refractivity contribution is 7.89. The third-order valence-electron chi connectivity index (χ3n) is 4.48. The minimum absolute atomic E-state index is 0.0181. The second-order valence-corrected chi connectivity index (χ2v) is 9.48. The molecule has 0 bridgehead atoms. The molecule has 27 heavy (non-hydrogen) atoms. The maximum atomic E-state index is 12.8. The van der Waals surface area contributed by atoms with Crippen molar-refractivity contribution < 1.29 is 22.7 Å². The Morgan fingerprint density at radius 1 is 1.37 bits per heavy atom. The van der Waals surface area contributed by atoms with Gasteiger partial charge in [0, 0.05) is 20.0 Å². The van der Waals surface area contributed by atoms with Crippen LogP contribution < -0.4 is 0 Å². The molecule has 0 aromatic heterocycles. The van der Waals surface area contributed by atoms with E-state index < -0.39 is 10.0 Å². The Morgan fingerprint density at radius 2 is 2.07 bits per heavy atom. The summed E-state index contributed by atoms with van der Waals surface area (Å²) in [5.41, 5.74) is 1.84. The van der Waals surface area contributed by atoms with Crippen LogP contribution in [0.2, 0.25) is 0 Å². The fraction of sp³-hybridized carbons (Fsp3) is 0.650. The molecule has 1 saturated heterocycles. The first-order valence-electron chi connectivity index (χ1n) is 9.59. The maximum absolute atomic E-state index is 12.8.